The van der Waals surface area contributed by atoms with Gasteiger partial charge in [-0.15, -0.1) is 0 Å². The van der Waals surface area contributed by atoms with Crippen LogP contribution in [0.3, 0.4) is 0 Å². The number of likely N-dealkylation sites (tertiary alicyclic amines) is 1. The van der Waals surface area contributed by atoms with E-state index in [9.17, 15) is 19.2 Å². The summed E-state index contributed by atoms with van der Waals surface area (Å²) >= 11 is 0. The van der Waals surface area contributed by atoms with Crippen LogP contribution in [0.2, 0.25) is 0 Å². The quantitative estimate of drug-likeness (QED) is 0.389. The summed E-state index contributed by atoms with van der Waals surface area (Å²) in [5, 5.41) is 0. The van der Waals surface area contributed by atoms with Crippen molar-refractivity contribution in [2.75, 3.05) is 20.8 Å². The number of methoxy groups -OCH3 is 2. The molecule has 0 bridgehead atoms. The molecule has 0 aromatic heterocycles. The van der Waals surface area contributed by atoms with Crippen molar-refractivity contribution >= 4 is 23.8 Å². The van der Waals surface area contributed by atoms with Gasteiger partial charge in [0.1, 0.15) is 12.1 Å². The Kier molecular flexibility index (Phi) is 5.89. The Hall–Kier alpha value is -2.38. The molecule has 0 N–H and O–H groups in total. The van der Waals surface area contributed by atoms with E-state index in [2.05, 4.69) is 9.47 Å². The van der Waals surface area contributed by atoms with Gasteiger partial charge in [0.25, 0.3) is 0 Å². The summed E-state index contributed by atoms with van der Waals surface area (Å²) in [7, 11) is 2.40. The first-order chi connectivity index (χ1) is 9.88. The molecule has 116 valence electrons. The number of hydrogen-bond acceptors (Lipinski definition) is 7. The maximum atomic E-state index is 11.6. The minimum absolute atomic E-state index is 0.104. The molecule has 0 saturated carbocycles. The van der Waals surface area contributed by atoms with Gasteiger partial charge in [-0.25, -0.2) is 14.4 Å². The average Bonchev–Trinajstić information content (AvgIpc) is 2.87. The van der Waals surface area contributed by atoms with E-state index in [-0.39, 0.29) is 18.9 Å². The maximum absolute atomic E-state index is 11.6. The van der Waals surface area contributed by atoms with Crippen LogP contribution in [0.25, 0.3) is 0 Å². The molecule has 1 amide bonds. The largest absolute Gasteiger partial charge is 0.467 e. The van der Waals surface area contributed by atoms with Gasteiger partial charge in [0, 0.05) is 25.5 Å². The van der Waals surface area contributed by atoms with Gasteiger partial charge in [0.2, 0.25) is 5.91 Å². The van der Waals surface area contributed by atoms with Crippen LogP contribution in [0.5, 0.6) is 0 Å². The molecule has 8 nitrogen and oxygen atoms in total. The highest BCUT2D eigenvalue weighted by Gasteiger charge is 2.40. The Morgan fingerprint density at radius 3 is 2.19 bits per heavy atom. The molecular formula is C13H17NO7. The zero-order valence-corrected chi connectivity index (χ0v) is 12.0. The number of ether oxygens (including phenoxy) is 3. The fourth-order valence-corrected chi connectivity index (χ4v) is 2.00. The van der Waals surface area contributed by atoms with Gasteiger partial charge < -0.3 is 19.1 Å². The van der Waals surface area contributed by atoms with E-state index in [1.165, 1.54) is 26.0 Å². The SMILES string of the molecule is COC(=O)/C=C/C(=O)O[C@@H]1C[C@@H](C(=O)OC)N(C(C)=O)C1. The smallest absolute Gasteiger partial charge is 0.331 e. The standard InChI is InChI=1S/C13H17NO7/c1-8(15)14-7-9(6-10(14)13(18)20-3)21-12(17)5-4-11(16)19-2/h4-5,9-10H,6-7H2,1-3H3/b5-4+/t9-,10+/m1/s1. The van der Waals surface area contributed by atoms with E-state index < -0.39 is 30.1 Å². The zero-order chi connectivity index (χ0) is 16.0. The van der Waals surface area contributed by atoms with Gasteiger partial charge in [-0.05, 0) is 0 Å². The van der Waals surface area contributed by atoms with Crippen LogP contribution in [0.4, 0.5) is 0 Å². The molecular weight excluding hydrogens is 282 g/mol. The lowest BCUT2D eigenvalue weighted by Crippen LogP contribution is -2.39. The molecule has 1 aliphatic rings. The second-order valence-corrected chi connectivity index (χ2v) is 4.36. The maximum Gasteiger partial charge on any atom is 0.331 e. The van der Waals surface area contributed by atoms with Crippen LogP contribution >= 0.6 is 0 Å². The summed E-state index contributed by atoms with van der Waals surface area (Å²) in [6.45, 7) is 1.42. The topological polar surface area (TPSA) is 99.2 Å². The number of nitrogens with zero attached hydrogens (tertiary/aromatic N) is 1. The Labute approximate surface area is 121 Å². The van der Waals surface area contributed by atoms with Gasteiger partial charge in [-0.1, -0.05) is 0 Å². The molecule has 1 heterocycles. The first-order valence-corrected chi connectivity index (χ1v) is 6.20. The zero-order valence-electron chi connectivity index (χ0n) is 12.0. The summed E-state index contributed by atoms with van der Waals surface area (Å²) in [6.07, 6.45) is 1.38. The number of esters is 3. The van der Waals surface area contributed by atoms with Crippen LogP contribution in [0.1, 0.15) is 13.3 Å². The van der Waals surface area contributed by atoms with Crippen LogP contribution in [-0.2, 0) is 33.4 Å². The van der Waals surface area contributed by atoms with Crippen LogP contribution in [-0.4, -0.2) is 61.6 Å². The molecule has 1 fully saturated rings. The third-order valence-electron chi connectivity index (χ3n) is 2.98. The first-order valence-electron chi connectivity index (χ1n) is 6.20. The lowest BCUT2D eigenvalue weighted by Gasteiger charge is -2.19. The molecule has 1 saturated heterocycles. The van der Waals surface area contributed by atoms with Crippen molar-refractivity contribution in [3.8, 4) is 0 Å². The second kappa shape index (κ2) is 7.41. The monoisotopic (exact) mass is 299 g/mol. The Morgan fingerprint density at radius 2 is 1.67 bits per heavy atom. The van der Waals surface area contributed by atoms with Gasteiger partial charge >= 0.3 is 17.9 Å². The first kappa shape index (κ1) is 16.7. The van der Waals surface area contributed by atoms with Crippen molar-refractivity contribution in [1.82, 2.24) is 4.90 Å². The summed E-state index contributed by atoms with van der Waals surface area (Å²) in [5.41, 5.74) is 0. The summed E-state index contributed by atoms with van der Waals surface area (Å²) in [6, 6.07) is -0.769. The minimum Gasteiger partial charge on any atom is -0.467 e. The molecule has 0 radical (unpaired) electrons. The minimum atomic E-state index is -0.769. The molecule has 1 aliphatic heterocycles. The number of amides is 1. The average molecular weight is 299 g/mol. The molecule has 1 rings (SSSR count). The molecule has 0 aromatic carbocycles. The Bertz CT molecular complexity index is 471. The number of carbonyl (C=O) groups excluding carboxylic acids is 4. The van der Waals surface area contributed by atoms with Gasteiger partial charge in [-0.3, -0.25) is 4.79 Å². The van der Waals surface area contributed by atoms with Crippen molar-refractivity contribution in [1.29, 1.82) is 0 Å². The van der Waals surface area contributed by atoms with Crippen molar-refractivity contribution in [2.45, 2.75) is 25.5 Å². The van der Waals surface area contributed by atoms with Crippen molar-refractivity contribution in [3.05, 3.63) is 12.2 Å². The van der Waals surface area contributed by atoms with Crippen molar-refractivity contribution in [3.63, 3.8) is 0 Å². The van der Waals surface area contributed by atoms with E-state index in [4.69, 9.17) is 4.74 Å². The van der Waals surface area contributed by atoms with Crippen LogP contribution < -0.4 is 0 Å². The third kappa shape index (κ3) is 4.59. The number of carbonyl (C=O) groups is 4. The highest BCUT2D eigenvalue weighted by atomic mass is 16.5. The van der Waals surface area contributed by atoms with Crippen LogP contribution in [0.15, 0.2) is 12.2 Å². The summed E-state index contributed by atoms with van der Waals surface area (Å²) in [4.78, 5) is 46.7. The molecule has 2 atom stereocenters. The van der Waals surface area contributed by atoms with E-state index in [1.807, 2.05) is 0 Å². The van der Waals surface area contributed by atoms with E-state index in [0.29, 0.717) is 0 Å². The lowest BCUT2D eigenvalue weighted by atomic mass is 10.2. The molecule has 0 unspecified atom stereocenters. The van der Waals surface area contributed by atoms with Crippen molar-refractivity contribution < 1.29 is 33.4 Å². The molecule has 0 aliphatic carbocycles. The van der Waals surface area contributed by atoms with E-state index in [1.54, 1.807) is 0 Å². The highest BCUT2D eigenvalue weighted by molar-refractivity contribution is 5.91. The highest BCUT2D eigenvalue weighted by Crippen LogP contribution is 2.21. The molecule has 0 aromatic rings. The second-order valence-electron chi connectivity index (χ2n) is 4.36. The third-order valence-corrected chi connectivity index (χ3v) is 2.98. The molecule has 21 heavy (non-hydrogen) atoms. The normalized spacial score (nSPS) is 21.2. The Morgan fingerprint density at radius 1 is 1.05 bits per heavy atom. The lowest BCUT2D eigenvalue weighted by molar-refractivity contribution is -0.150. The predicted molar refractivity (Wildman–Crippen MR) is 68.8 cm³/mol. The Balaban J connectivity index is 2.64. The summed E-state index contributed by atoms with van der Waals surface area (Å²) in [5.74, 6) is -2.31. The molecule has 0 spiro atoms. The summed E-state index contributed by atoms with van der Waals surface area (Å²) < 4.78 is 14.0. The van der Waals surface area contributed by atoms with Gasteiger partial charge in [-0.2, -0.15) is 0 Å². The van der Waals surface area contributed by atoms with Gasteiger partial charge in [0.15, 0.2) is 0 Å². The fraction of sp³-hybridized carbons (Fsp3) is 0.538. The van der Waals surface area contributed by atoms with Gasteiger partial charge in [0.05, 0.1) is 20.8 Å². The number of rotatable bonds is 4. The van der Waals surface area contributed by atoms with E-state index in [0.717, 1.165) is 12.2 Å². The van der Waals surface area contributed by atoms with Crippen molar-refractivity contribution in [2.24, 2.45) is 0 Å². The fourth-order valence-electron chi connectivity index (χ4n) is 2.00. The predicted octanol–water partition coefficient (Wildman–Crippen LogP) is -0.579. The number of hydrogen-bond donors (Lipinski definition) is 0. The van der Waals surface area contributed by atoms with Crippen LogP contribution in [0, 0.1) is 0 Å². The van der Waals surface area contributed by atoms with E-state index >= 15 is 0 Å². The molecule has 8 heteroatoms.